The highest BCUT2D eigenvalue weighted by Crippen LogP contribution is 2.24. The topological polar surface area (TPSA) is 74.4 Å². The number of hydrogen-bond acceptors (Lipinski definition) is 4. The number of hydrogen-bond donors (Lipinski definition) is 1. The van der Waals surface area contributed by atoms with Crippen LogP contribution >= 0.6 is 0 Å². The van der Waals surface area contributed by atoms with Gasteiger partial charge in [0, 0.05) is 17.3 Å². The molecule has 0 fully saturated rings. The van der Waals surface area contributed by atoms with Gasteiger partial charge in [0.1, 0.15) is 12.4 Å². The van der Waals surface area contributed by atoms with Crippen molar-refractivity contribution in [2.24, 2.45) is 5.73 Å². The normalized spacial score (nSPS) is 9.80. The highest BCUT2D eigenvalue weighted by atomic mass is 16.5. The lowest BCUT2D eigenvalue weighted by Crippen LogP contribution is -2.14. The second kappa shape index (κ2) is 4.63. The van der Waals surface area contributed by atoms with E-state index in [0.717, 1.165) is 16.9 Å². The van der Waals surface area contributed by atoms with Crippen LogP contribution in [0.4, 0.5) is 4.79 Å². The molecule has 0 saturated heterocycles. The van der Waals surface area contributed by atoms with Crippen molar-refractivity contribution < 1.29 is 14.3 Å². The summed E-state index contributed by atoms with van der Waals surface area (Å²) in [5.74, 6) is 0.757. The lowest BCUT2D eigenvalue weighted by molar-refractivity contribution is 0.148. The van der Waals surface area contributed by atoms with Crippen LogP contribution in [0.25, 0.3) is 0 Å². The fraction of sp³-hybridized carbons (Fsp3) is 0.400. The fourth-order valence-corrected chi connectivity index (χ4v) is 1.36. The van der Waals surface area contributed by atoms with Crippen LogP contribution in [-0.4, -0.2) is 18.2 Å². The summed E-state index contributed by atoms with van der Waals surface area (Å²) in [6.07, 6.45) is 0.863. The summed E-state index contributed by atoms with van der Waals surface area (Å²) in [7, 11) is 1.59. The monoisotopic (exact) mass is 210 g/mol. The third-order valence-corrected chi connectivity index (χ3v) is 2.10. The molecule has 1 aromatic rings. The molecular formula is C10H14N2O3. The Bertz CT molecular complexity index is 377. The number of aromatic nitrogens is 1. The lowest BCUT2D eigenvalue weighted by Gasteiger charge is -2.11. The van der Waals surface area contributed by atoms with Crippen molar-refractivity contribution in [3.05, 3.63) is 23.0 Å². The van der Waals surface area contributed by atoms with Gasteiger partial charge in [0.05, 0.1) is 12.8 Å². The SMILES string of the molecule is COc1c(C)cnc(COC(N)=O)c1C. The molecule has 5 heteroatoms. The first-order valence-electron chi connectivity index (χ1n) is 4.47. The van der Waals surface area contributed by atoms with E-state index >= 15 is 0 Å². The molecule has 1 heterocycles. The van der Waals surface area contributed by atoms with E-state index < -0.39 is 6.09 Å². The van der Waals surface area contributed by atoms with Crippen molar-refractivity contribution in [2.75, 3.05) is 7.11 Å². The van der Waals surface area contributed by atoms with Gasteiger partial charge in [0.2, 0.25) is 0 Å². The Morgan fingerprint density at radius 3 is 2.73 bits per heavy atom. The molecule has 0 aliphatic rings. The fourth-order valence-electron chi connectivity index (χ4n) is 1.36. The molecule has 2 N–H and O–H groups in total. The van der Waals surface area contributed by atoms with Crippen molar-refractivity contribution in [1.29, 1.82) is 0 Å². The van der Waals surface area contributed by atoms with Gasteiger partial charge in [0.15, 0.2) is 0 Å². The Hall–Kier alpha value is -1.78. The van der Waals surface area contributed by atoms with Gasteiger partial charge in [-0.15, -0.1) is 0 Å². The van der Waals surface area contributed by atoms with Crippen molar-refractivity contribution in [1.82, 2.24) is 4.98 Å². The van der Waals surface area contributed by atoms with Crippen LogP contribution in [0.5, 0.6) is 5.75 Å². The highest BCUT2D eigenvalue weighted by molar-refractivity contribution is 5.64. The zero-order valence-corrected chi connectivity index (χ0v) is 9.03. The standard InChI is InChI=1S/C10H14N2O3/c1-6-4-12-8(5-15-10(11)13)7(2)9(6)14-3/h4H,5H2,1-3H3,(H2,11,13). The lowest BCUT2D eigenvalue weighted by atomic mass is 10.1. The molecule has 0 bridgehead atoms. The van der Waals surface area contributed by atoms with Crippen LogP contribution < -0.4 is 10.5 Å². The molecule has 82 valence electrons. The summed E-state index contributed by atoms with van der Waals surface area (Å²) in [5, 5.41) is 0. The average molecular weight is 210 g/mol. The average Bonchev–Trinajstić information content (AvgIpc) is 2.17. The molecule has 0 aliphatic carbocycles. The molecule has 1 amide bonds. The summed E-state index contributed by atoms with van der Waals surface area (Å²) in [5.41, 5.74) is 7.32. The number of carbonyl (C=O) groups excluding carboxylic acids is 1. The summed E-state index contributed by atoms with van der Waals surface area (Å²) in [6, 6.07) is 0. The molecule has 1 rings (SSSR count). The largest absolute Gasteiger partial charge is 0.496 e. The zero-order chi connectivity index (χ0) is 11.4. The second-order valence-electron chi connectivity index (χ2n) is 3.15. The first kappa shape index (κ1) is 11.3. The minimum absolute atomic E-state index is 0.0673. The molecular weight excluding hydrogens is 196 g/mol. The number of nitrogens with two attached hydrogens (primary N) is 1. The number of aryl methyl sites for hydroxylation is 1. The molecule has 0 saturated carbocycles. The molecule has 0 radical (unpaired) electrons. The number of methoxy groups -OCH3 is 1. The van der Waals surface area contributed by atoms with Crippen molar-refractivity contribution >= 4 is 6.09 Å². The van der Waals surface area contributed by atoms with Crippen molar-refractivity contribution in [3.8, 4) is 5.75 Å². The number of pyridine rings is 1. The van der Waals surface area contributed by atoms with Gasteiger partial charge in [0.25, 0.3) is 0 Å². The molecule has 0 aliphatic heterocycles. The van der Waals surface area contributed by atoms with Crippen molar-refractivity contribution in [3.63, 3.8) is 0 Å². The van der Waals surface area contributed by atoms with Gasteiger partial charge in [-0.05, 0) is 13.8 Å². The molecule has 0 spiro atoms. The first-order valence-corrected chi connectivity index (χ1v) is 4.47. The van der Waals surface area contributed by atoms with E-state index in [1.165, 1.54) is 0 Å². The minimum Gasteiger partial charge on any atom is -0.496 e. The molecule has 15 heavy (non-hydrogen) atoms. The van der Waals surface area contributed by atoms with Crippen LogP contribution in [0.15, 0.2) is 6.20 Å². The molecule has 0 unspecified atom stereocenters. The number of carbonyl (C=O) groups is 1. The van der Waals surface area contributed by atoms with Crippen LogP contribution in [0.2, 0.25) is 0 Å². The summed E-state index contributed by atoms with van der Waals surface area (Å²) in [6.45, 7) is 3.83. The first-order chi connectivity index (χ1) is 7.06. The Labute approximate surface area is 88.2 Å². The highest BCUT2D eigenvalue weighted by Gasteiger charge is 2.10. The summed E-state index contributed by atoms with van der Waals surface area (Å²) in [4.78, 5) is 14.6. The number of primary amides is 1. The maximum Gasteiger partial charge on any atom is 0.404 e. The van der Waals surface area contributed by atoms with Crippen LogP contribution in [0.1, 0.15) is 16.8 Å². The van der Waals surface area contributed by atoms with E-state index in [2.05, 4.69) is 9.72 Å². The van der Waals surface area contributed by atoms with Crippen LogP contribution in [0.3, 0.4) is 0 Å². The van der Waals surface area contributed by atoms with Gasteiger partial charge in [-0.2, -0.15) is 0 Å². The number of rotatable bonds is 3. The number of ether oxygens (including phenoxy) is 2. The predicted molar refractivity (Wildman–Crippen MR) is 54.6 cm³/mol. The van der Waals surface area contributed by atoms with E-state index in [4.69, 9.17) is 10.5 Å². The van der Waals surface area contributed by atoms with Crippen molar-refractivity contribution in [2.45, 2.75) is 20.5 Å². The molecule has 0 atom stereocenters. The Morgan fingerprint density at radius 2 is 2.20 bits per heavy atom. The molecule has 0 aromatic carbocycles. The Balaban J connectivity index is 2.94. The van der Waals surface area contributed by atoms with Gasteiger partial charge in [-0.3, -0.25) is 4.98 Å². The van der Waals surface area contributed by atoms with Gasteiger partial charge in [-0.1, -0.05) is 0 Å². The predicted octanol–water partition coefficient (Wildman–Crippen LogP) is 1.30. The quantitative estimate of drug-likeness (QED) is 0.816. The number of amides is 1. The summed E-state index contributed by atoms with van der Waals surface area (Å²) < 4.78 is 9.88. The molecule has 5 nitrogen and oxygen atoms in total. The maximum absolute atomic E-state index is 10.4. The smallest absolute Gasteiger partial charge is 0.404 e. The van der Waals surface area contributed by atoms with Crippen LogP contribution in [-0.2, 0) is 11.3 Å². The van der Waals surface area contributed by atoms with E-state index in [1.807, 2.05) is 13.8 Å². The van der Waals surface area contributed by atoms with E-state index in [0.29, 0.717) is 5.69 Å². The van der Waals surface area contributed by atoms with E-state index in [9.17, 15) is 4.79 Å². The number of nitrogens with zero attached hydrogens (tertiary/aromatic N) is 1. The van der Waals surface area contributed by atoms with Gasteiger partial charge >= 0.3 is 6.09 Å². The Morgan fingerprint density at radius 1 is 1.53 bits per heavy atom. The van der Waals surface area contributed by atoms with Gasteiger partial charge in [-0.25, -0.2) is 4.79 Å². The van der Waals surface area contributed by atoms with Crippen LogP contribution in [0, 0.1) is 13.8 Å². The summed E-state index contributed by atoms with van der Waals surface area (Å²) >= 11 is 0. The van der Waals surface area contributed by atoms with Gasteiger partial charge < -0.3 is 15.2 Å². The maximum atomic E-state index is 10.4. The van der Waals surface area contributed by atoms with E-state index in [-0.39, 0.29) is 6.61 Å². The molecule has 1 aromatic heterocycles. The third-order valence-electron chi connectivity index (χ3n) is 2.10. The van der Waals surface area contributed by atoms with E-state index in [1.54, 1.807) is 13.3 Å². The third kappa shape index (κ3) is 2.59. The Kier molecular flexibility index (Phi) is 3.49. The zero-order valence-electron chi connectivity index (χ0n) is 9.03. The second-order valence-corrected chi connectivity index (χ2v) is 3.15. The minimum atomic E-state index is -0.809.